The van der Waals surface area contributed by atoms with Crippen LogP contribution in [-0.4, -0.2) is 43.4 Å². The molecule has 1 amide bonds. The van der Waals surface area contributed by atoms with Gasteiger partial charge in [0.2, 0.25) is 0 Å². The summed E-state index contributed by atoms with van der Waals surface area (Å²) in [6, 6.07) is 6.88. The van der Waals surface area contributed by atoms with Crippen LogP contribution >= 0.6 is 11.6 Å². The van der Waals surface area contributed by atoms with E-state index in [1.165, 1.54) is 0 Å². The fraction of sp³-hybridized carbons (Fsp3) is 0.462. The zero-order valence-corrected chi connectivity index (χ0v) is 11.2. The van der Waals surface area contributed by atoms with Crippen LogP contribution in [0.3, 0.4) is 0 Å². The molecule has 0 unspecified atom stereocenters. The third-order valence-electron chi connectivity index (χ3n) is 2.94. The summed E-state index contributed by atoms with van der Waals surface area (Å²) in [5.41, 5.74) is 0.715. The number of carbonyl (C=O) groups is 1. The Hall–Kier alpha value is -1.14. The van der Waals surface area contributed by atoms with Crippen molar-refractivity contribution in [2.45, 2.75) is 12.2 Å². The van der Waals surface area contributed by atoms with E-state index in [4.69, 9.17) is 16.3 Å². The number of rotatable bonds is 4. The molecule has 0 bridgehead atoms. The van der Waals surface area contributed by atoms with Crippen molar-refractivity contribution < 1.29 is 14.6 Å². The van der Waals surface area contributed by atoms with Crippen LogP contribution in [0, 0.1) is 0 Å². The summed E-state index contributed by atoms with van der Waals surface area (Å²) in [7, 11) is 0. The minimum atomic E-state index is -0.752. The van der Waals surface area contributed by atoms with Crippen LogP contribution in [-0.2, 0) is 9.53 Å². The van der Waals surface area contributed by atoms with Crippen molar-refractivity contribution in [1.29, 1.82) is 0 Å². The Labute approximate surface area is 116 Å². The van der Waals surface area contributed by atoms with Crippen LogP contribution in [0.5, 0.6) is 0 Å². The summed E-state index contributed by atoms with van der Waals surface area (Å²) >= 11 is 5.77. The van der Waals surface area contributed by atoms with E-state index < -0.39 is 12.2 Å². The molecular weight excluding hydrogens is 268 g/mol. The highest BCUT2D eigenvalue weighted by atomic mass is 35.5. The molecule has 1 heterocycles. The number of ether oxygens (including phenoxy) is 1. The lowest BCUT2D eigenvalue weighted by Crippen LogP contribution is -2.48. The van der Waals surface area contributed by atoms with E-state index in [-0.39, 0.29) is 12.5 Å². The predicted molar refractivity (Wildman–Crippen MR) is 72.0 cm³/mol. The average Bonchev–Trinajstić information content (AvgIpc) is 2.46. The molecule has 0 saturated carbocycles. The first-order chi connectivity index (χ1) is 9.16. The number of amides is 1. The van der Waals surface area contributed by atoms with Crippen LogP contribution in [0.1, 0.15) is 11.7 Å². The number of hydrogen-bond acceptors (Lipinski definition) is 4. The molecule has 2 rings (SSSR count). The van der Waals surface area contributed by atoms with Gasteiger partial charge in [-0.05, 0) is 17.7 Å². The molecule has 104 valence electrons. The number of carbonyl (C=O) groups excluding carboxylic acids is 1. The molecule has 1 fully saturated rings. The van der Waals surface area contributed by atoms with E-state index in [9.17, 15) is 9.90 Å². The van der Waals surface area contributed by atoms with Gasteiger partial charge in [0, 0.05) is 24.7 Å². The summed E-state index contributed by atoms with van der Waals surface area (Å²) in [5, 5.41) is 16.3. The van der Waals surface area contributed by atoms with E-state index in [1.54, 1.807) is 24.3 Å². The average molecular weight is 285 g/mol. The van der Waals surface area contributed by atoms with Gasteiger partial charge in [-0.15, -0.1) is 0 Å². The van der Waals surface area contributed by atoms with E-state index in [2.05, 4.69) is 10.6 Å². The fourth-order valence-electron chi connectivity index (χ4n) is 1.85. The molecule has 5 nitrogen and oxygen atoms in total. The molecule has 1 aromatic carbocycles. The van der Waals surface area contributed by atoms with Crippen molar-refractivity contribution in [2.24, 2.45) is 0 Å². The number of benzene rings is 1. The van der Waals surface area contributed by atoms with Gasteiger partial charge in [0.25, 0.3) is 5.91 Å². The van der Waals surface area contributed by atoms with Gasteiger partial charge in [-0.3, -0.25) is 4.79 Å². The monoisotopic (exact) mass is 284 g/mol. The lowest BCUT2D eigenvalue weighted by atomic mass is 10.1. The van der Waals surface area contributed by atoms with Gasteiger partial charge >= 0.3 is 0 Å². The highest BCUT2D eigenvalue weighted by molar-refractivity contribution is 6.30. The summed E-state index contributed by atoms with van der Waals surface area (Å²) in [5.74, 6) is -0.208. The van der Waals surface area contributed by atoms with E-state index >= 15 is 0 Å². The van der Waals surface area contributed by atoms with Crippen LogP contribution in [0.2, 0.25) is 5.02 Å². The molecule has 0 aromatic heterocycles. The van der Waals surface area contributed by atoms with Crippen LogP contribution in [0.15, 0.2) is 24.3 Å². The second-order valence-electron chi connectivity index (χ2n) is 4.38. The maximum atomic E-state index is 11.8. The SMILES string of the molecule is O=C(NC[C@@H](O)c1ccc(Cl)cc1)[C@H]1CNCCO1. The summed E-state index contributed by atoms with van der Waals surface area (Å²) in [6.45, 7) is 1.94. The molecular formula is C13H17ClN2O3. The lowest BCUT2D eigenvalue weighted by Gasteiger charge is -2.23. The molecule has 6 heteroatoms. The number of morpholine rings is 1. The number of aliphatic hydroxyl groups is 1. The van der Waals surface area contributed by atoms with Crippen molar-refractivity contribution >= 4 is 17.5 Å². The molecule has 3 N–H and O–H groups in total. The number of nitrogens with one attached hydrogen (secondary N) is 2. The van der Waals surface area contributed by atoms with E-state index in [0.29, 0.717) is 23.7 Å². The normalized spacial score (nSPS) is 20.8. The molecule has 1 saturated heterocycles. The van der Waals surface area contributed by atoms with Gasteiger partial charge < -0.3 is 20.5 Å². The van der Waals surface area contributed by atoms with Crippen LogP contribution in [0.4, 0.5) is 0 Å². The molecule has 0 spiro atoms. The highest BCUT2D eigenvalue weighted by Crippen LogP contribution is 2.15. The standard InChI is InChI=1S/C13H17ClN2O3/c14-10-3-1-9(2-4-10)11(17)7-16-13(18)12-8-15-5-6-19-12/h1-4,11-12,15,17H,5-8H2,(H,16,18)/t11-,12-/m1/s1. The topological polar surface area (TPSA) is 70.6 Å². The minimum Gasteiger partial charge on any atom is -0.387 e. The molecule has 19 heavy (non-hydrogen) atoms. The van der Waals surface area contributed by atoms with Crippen molar-refractivity contribution in [3.63, 3.8) is 0 Å². The van der Waals surface area contributed by atoms with Crippen LogP contribution < -0.4 is 10.6 Å². The van der Waals surface area contributed by atoms with Gasteiger partial charge in [0.15, 0.2) is 0 Å². The third-order valence-corrected chi connectivity index (χ3v) is 3.20. The Morgan fingerprint density at radius 3 is 2.89 bits per heavy atom. The number of aliphatic hydroxyl groups excluding tert-OH is 1. The Bertz CT molecular complexity index is 418. The maximum absolute atomic E-state index is 11.8. The zero-order valence-electron chi connectivity index (χ0n) is 10.4. The van der Waals surface area contributed by atoms with Crippen molar-refractivity contribution in [2.75, 3.05) is 26.2 Å². The Kier molecular flexibility index (Phi) is 5.15. The third kappa shape index (κ3) is 4.18. The van der Waals surface area contributed by atoms with Crippen LogP contribution in [0.25, 0.3) is 0 Å². The maximum Gasteiger partial charge on any atom is 0.250 e. The zero-order chi connectivity index (χ0) is 13.7. The number of hydrogen-bond donors (Lipinski definition) is 3. The summed E-state index contributed by atoms with van der Waals surface area (Å²) in [4.78, 5) is 11.8. The molecule has 0 radical (unpaired) electrons. The second kappa shape index (κ2) is 6.86. The van der Waals surface area contributed by atoms with Crippen molar-refractivity contribution in [3.8, 4) is 0 Å². The van der Waals surface area contributed by atoms with Gasteiger partial charge in [-0.1, -0.05) is 23.7 Å². The fourth-order valence-corrected chi connectivity index (χ4v) is 1.97. The Morgan fingerprint density at radius 2 is 2.26 bits per heavy atom. The van der Waals surface area contributed by atoms with Gasteiger partial charge in [0.1, 0.15) is 6.10 Å². The molecule has 0 aliphatic carbocycles. The van der Waals surface area contributed by atoms with E-state index in [1.807, 2.05) is 0 Å². The van der Waals surface area contributed by atoms with Gasteiger partial charge in [-0.25, -0.2) is 0 Å². The van der Waals surface area contributed by atoms with Gasteiger partial charge in [-0.2, -0.15) is 0 Å². The highest BCUT2D eigenvalue weighted by Gasteiger charge is 2.22. The second-order valence-corrected chi connectivity index (χ2v) is 4.81. The molecule has 2 atom stereocenters. The molecule has 1 aliphatic heterocycles. The summed E-state index contributed by atoms with van der Waals surface area (Å²) in [6.07, 6.45) is -1.23. The minimum absolute atomic E-state index is 0.153. The largest absolute Gasteiger partial charge is 0.387 e. The first-order valence-corrected chi connectivity index (χ1v) is 6.58. The summed E-state index contributed by atoms with van der Waals surface area (Å²) < 4.78 is 5.32. The molecule has 1 aromatic rings. The lowest BCUT2D eigenvalue weighted by molar-refractivity contribution is -0.134. The first kappa shape index (κ1) is 14.3. The van der Waals surface area contributed by atoms with Crippen molar-refractivity contribution in [3.05, 3.63) is 34.9 Å². The van der Waals surface area contributed by atoms with Crippen molar-refractivity contribution in [1.82, 2.24) is 10.6 Å². The number of halogens is 1. The Morgan fingerprint density at radius 1 is 1.53 bits per heavy atom. The predicted octanol–water partition coefficient (Wildman–Crippen LogP) is 0.478. The first-order valence-electron chi connectivity index (χ1n) is 6.20. The quantitative estimate of drug-likeness (QED) is 0.752. The van der Waals surface area contributed by atoms with E-state index in [0.717, 1.165) is 6.54 Å². The van der Waals surface area contributed by atoms with Gasteiger partial charge in [0.05, 0.1) is 12.7 Å². The smallest absolute Gasteiger partial charge is 0.250 e. The Balaban J connectivity index is 1.80. The molecule has 1 aliphatic rings.